The van der Waals surface area contributed by atoms with Gasteiger partial charge in [0.1, 0.15) is 0 Å². The van der Waals surface area contributed by atoms with E-state index in [-0.39, 0.29) is 11.3 Å². The molecule has 4 aromatic rings. The van der Waals surface area contributed by atoms with Crippen LogP contribution in [0.5, 0.6) is 0 Å². The molecule has 2 aromatic carbocycles. The van der Waals surface area contributed by atoms with Crippen molar-refractivity contribution in [1.82, 2.24) is 19.2 Å². The van der Waals surface area contributed by atoms with Gasteiger partial charge in [0.05, 0.1) is 22.3 Å². The van der Waals surface area contributed by atoms with Crippen LogP contribution in [0.25, 0.3) is 22.4 Å². The molecule has 8 heteroatoms. The highest BCUT2D eigenvalue weighted by Crippen LogP contribution is 2.22. The molecule has 0 aliphatic rings. The summed E-state index contributed by atoms with van der Waals surface area (Å²) in [4.78, 5) is 24.1. The smallest absolute Gasteiger partial charge is 0.267 e. The molecule has 7 nitrogen and oxygen atoms in total. The van der Waals surface area contributed by atoms with E-state index in [2.05, 4.69) is 10.2 Å². The molecule has 0 radical (unpaired) electrons. The van der Waals surface area contributed by atoms with Crippen molar-refractivity contribution < 1.29 is 4.79 Å². The highest BCUT2D eigenvalue weighted by atomic mass is 32.2. The Balaban J connectivity index is 2.10. The molecule has 2 aromatic heterocycles. The fourth-order valence-corrected chi connectivity index (χ4v) is 3.40. The Morgan fingerprint density at radius 1 is 1.04 bits per heavy atom. The molecule has 0 spiro atoms. The second kappa shape index (κ2) is 6.06. The van der Waals surface area contributed by atoms with Crippen molar-refractivity contribution in [2.75, 3.05) is 5.75 Å². The van der Waals surface area contributed by atoms with Crippen molar-refractivity contribution in [3.05, 3.63) is 65.0 Å². The third-order valence-electron chi connectivity index (χ3n) is 3.75. The number of thioether (sulfide) groups is 1. The van der Waals surface area contributed by atoms with Crippen molar-refractivity contribution in [3.8, 4) is 5.69 Å². The summed E-state index contributed by atoms with van der Waals surface area (Å²) in [5.41, 5.74) is 6.45. The van der Waals surface area contributed by atoms with Crippen LogP contribution in [-0.2, 0) is 4.79 Å². The molecule has 0 aliphatic heterocycles. The lowest BCUT2D eigenvalue weighted by Gasteiger charge is -2.11. The fourth-order valence-electron chi connectivity index (χ4n) is 2.72. The van der Waals surface area contributed by atoms with Crippen LogP contribution in [0.1, 0.15) is 0 Å². The van der Waals surface area contributed by atoms with Crippen LogP contribution in [0.4, 0.5) is 0 Å². The Morgan fingerprint density at radius 2 is 1.76 bits per heavy atom. The van der Waals surface area contributed by atoms with Gasteiger partial charge in [-0.3, -0.25) is 14.0 Å². The molecule has 4 rings (SSSR count). The minimum absolute atomic E-state index is 0.0829. The number of nitrogens with zero attached hydrogens (tertiary/aromatic N) is 4. The lowest BCUT2D eigenvalue weighted by atomic mass is 10.2. The van der Waals surface area contributed by atoms with Crippen LogP contribution >= 0.6 is 11.8 Å². The highest BCUT2D eigenvalue weighted by molar-refractivity contribution is 7.99. The zero-order chi connectivity index (χ0) is 17.4. The van der Waals surface area contributed by atoms with Crippen molar-refractivity contribution >= 4 is 34.3 Å². The summed E-state index contributed by atoms with van der Waals surface area (Å²) < 4.78 is 3.29. The number of nitrogens with two attached hydrogens (primary N) is 1. The van der Waals surface area contributed by atoms with Crippen LogP contribution < -0.4 is 11.3 Å². The van der Waals surface area contributed by atoms with E-state index in [4.69, 9.17) is 5.73 Å². The molecule has 0 saturated heterocycles. The van der Waals surface area contributed by atoms with Crippen LogP contribution in [0.3, 0.4) is 0 Å². The van der Waals surface area contributed by atoms with Crippen molar-refractivity contribution in [3.63, 3.8) is 0 Å². The van der Waals surface area contributed by atoms with E-state index >= 15 is 0 Å². The first-order valence-electron chi connectivity index (χ1n) is 7.52. The van der Waals surface area contributed by atoms with E-state index in [1.54, 1.807) is 10.5 Å². The van der Waals surface area contributed by atoms with Gasteiger partial charge >= 0.3 is 0 Å². The van der Waals surface area contributed by atoms with Gasteiger partial charge in [-0.15, -0.1) is 10.2 Å². The van der Waals surface area contributed by atoms with Gasteiger partial charge in [0.2, 0.25) is 11.7 Å². The van der Waals surface area contributed by atoms with Gasteiger partial charge in [-0.1, -0.05) is 42.1 Å². The molecule has 0 saturated carbocycles. The first-order valence-corrected chi connectivity index (χ1v) is 8.51. The monoisotopic (exact) mass is 351 g/mol. The van der Waals surface area contributed by atoms with Gasteiger partial charge in [0.25, 0.3) is 5.56 Å². The van der Waals surface area contributed by atoms with Gasteiger partial charge in [0.15, 0.2) is 5.16 Å². The van der Waals surface area contributed by atoms with Gasteiger partial charge in [-0.2, -0.15) is 0 Å². The Hall–Kier alpha value is -3.13. The van der Waals surface area contributed by atoms with Gasteiger partial charge in [-0.05, 0) is 24.3 Å². The van der Waals surface area contributed by atoms with E-state index in [0.29, 0.717) is 27.5 Å². The second-order valence-electron chi connectivity index (χ2n) is 5.37. The first-order chi connectivity index (χ1) is 12.2. The molecular weight excluding hydrogens is 338 g/mol. The summed E-state index contributed by atoms with van der Waals surface area (Å²) in [7, 11) is 0. The van der Waals surface area contributed by atoms with E-state index in [9.17, 15) is 9.59 Å². The molecule has 2 heterocycles. The van der Waals surface area contributed by atoms with E-state index in [1.807, 2.05) is 48.5 Å². The van der Waals surface area contributed by atoms with Crippen molar-refractivity contribution in [2.24, 2.45) is 5.73 Å². The SMILES string of the molecule is NC(=O)CSc1nnc2n(-c3ccccc3)c(=O)c3ccccc3n12. The normalized spacial score (nSPS) is 11.2. The van der Waals surface area contributed by atoms with E-state index in [1.165, 1.54) is 16.3 Å². The topological polar surface area (TPSA) is 95.3 Å². The quantitative estimate of drug-likeness (QED) is 0.564. The third kappa shape index (κ3) is 2.56. The largest absolute Gasteiger partial charge is 0.369 e. The maximum atomic E-state index is 13.0. The average Bonchev–Trinajstić information content (AvgIpc) is 3.05. The lowest BCUT2D eigenvalue weighted by Crippen LogP contribution is -2.21. The summed E-state index contributed by atoms with van der Waals surface area (Å²) in [6, 6.07) is 16.5. The molecule has 0 bridgehead atoms. The van der Waals surface area contributed by atoms with Gasteiger partial charge < -0.3 is 5.73 Å². The predicted octanol–water partition coefficient (Wildman–Crippen LogP) is 1.61. The highest BCUT2D eigenvalue weighted by Gasteiger charge is 2.17. The molecule has 25 heavy (non-hydrogen) atoms. The maximum Gasteiger partial charge on any atom is 0.267 e. The Bertz CT molecular complexity index is 1150. The molecule has 0 unspecified atom stereocenters. The van der Waals surface area contributed by atoms with Gasteiger partial charge in [-0.25, -0.2) is 4.57 Å². The summed E-state index contributed by atoms with van der Waals surface area (Å²) in [6.45, 7) is 0. The zero-order valence-electron chi connectivity index (χ0n) is 13.0. The Kier molecular flexibility index (Phi) is 3.73. The third-order valence-corrected chi connectivity index (χ3v) is 4.70. The van der Waals surface area contributed by atoms with Crippen LogP contribution in [-0.4, -0.2) is 30.8 Å². The number of hydrogen-bond acceptors (Lipinski definition) is 5. The Morgan fingerprint density at radius 3 is 2.52 bits per heavy atom. The summed E-state index contributed by atoms with van der Waals surface area (Å²) >= 11 is 1.19. The fraction of sp³-hybridized carbons (Fsp3) is 0.0588. The average molecular weight is 351 g/mol. The lowest BCUT2D eigenvalue weighted by molar-refractivity contribution is -0.115. The van der Waals surface area contributed by atoms with Crippen molar-refractivity contribution in [2.45, 2.75) is 5.16 Å². The number of rotatable bonds is 4. The minimum atomic E-state index is -0.442. The molecule has 0 fully saturated rings. The van der Waals surface area contributed by atoms with E-state index in [0.717, 1.165) is 0 Å². The molecule has 2 N–H and O–H groups in total. The van der Waals surface area contributed by atoms with Gasteiger partial charge in [0, 0.05) is 0 Å². The number of fused-ring (bicyclic) bond motifs is 3. The van der Waals surface area contributed by atoms with E-state index < -0.39 is 5.91 Å². The number of amides is 1. The number of aromatic nitrogens is 4. The standard InChI is InChI=1S/C17H13N5O2S/c18-14(23)10-25-17-20-19-16-21(11-6-2-1-3-7-11)15(24)12-8-4-5-9-13(12)22(16)17/h1-9H,10H2,(H2,18,23). The molecule has 124 valence electrons. The number of para-hydroxylation sites is 2. The molecule has 0 aliphatic carbocycles. The maximum absolute atomic E-state index is 13.0. The number of primary amides is 1. The van der Waals surface area contributed by atoms with Crippen LogP contribution in [0.15, 0.2) is 64.5 Å². The summed E-state index contributed by atoms with van der Waals surface area (Å²) in [6.07, 6.45) is 0. The Labute approximate surface area is 146 Å². The first kappa shape index (κ1) is 15.4. The number of carbonyl (C=O) groups excluding carboxylic acids is 1. The molecule has 0 atom stereocenters. The summed E-state index contributed by atoms with van der Waals surface area (Å²) in [5, 5.41) is 9.39. The second-order valence-corrected chi connectivity index (χ2v) is 6.31. The number of benzene rings is 2. The van der Waals surface area contributed by atoms with Crippen molar-refractivity contribution in [1.29, 1.82) is 0 Å². The predicted molar refractivity (Wildman–Crippen MR) is 96.0 cm³/mol. The zero-order valence-corrected chi connectivity index (χ0v) is 13.8. The van der Waals surface area contributed by atoms with Crippen LogP contribution in [0, 0.1) is 0 Å². The summed E-state index contributed by atoms with van der Waals surface area (Å²) in [5.74, 6) is 0.0314. The minimum Gasteiger partial charge on any atom is -0.369 e. The van der Waals surface area contributed by atoms with Crippen LogP contribution in [0.2, 0.25) is 0 Å². The molecule has 1 amide bonds. The number of hydrogen-bond donors (Lipinski definition) is 1. The molecular formula is C17H13N5O2S. The number of carbonyl (C=O) groups is 1.